The SMILES string of the molecule is O=C(CC1CCCCC1)NC1(CO)CCC1. The normalized spacial score (nSPS) is 24.8. The first kappa shape index (κ1) is 11.9. The minimum Gasteiger partial charge on any atom is -0.394 e. The molecule has 92 valence electrons. The van der Waals surface area contributed by atoms with Gasteiger partial charge >= 0.3 is 0 Å². The van der Waals surface area contributed by atoms with Crippen LogP contribution in [0.25, 0.3) is 0 Å². The van der Waals surface area contributed by atoms with Gasteiger partial charge < -0.3 is 10.4 Å². The molecule has 0 aromatic carbocycles. The van der Waals surface area contributed by atoms with Gasteiger partial charge in [0.2, 0.25) is 5.91 Å². The van der Waals surface area contributed by atoms with Gasteiger partial charge in [0.05, 0.1) is 12.1 Å². The first-order chi connectivity index (χ1) is 7.74. The van der Waals surface area contributed by atoms with Crippen molar-refractivity contribution in [2.75, 3.05) is 6.61 Å². The Bertz CT molecular complexity index is 237. The van der Waals surface area contributed by atoms with Crippen LogP contribution in [-0.4, -0.2) is 23.2 Å². The van der Waals surface area contributed by atoms with Crippen molar-refractivity contribution in [3.63, 3.8) is 0 Å². The van der Waals surface area contributed by atoms with Crippen LogP contribution in [0.1, 0.15) is 57.8 Å². The summed E-state index contributed by atoms with van der Waals surface area (Å²) in [6.45, 7) is 0.101. The fraction of sp³-hybridized carbons (Fsp3) is 0.923. The van der Waals surface area contributed by atoms with Crippen molar-refractivity contribution in [3.8, 4) is 0 Å². The number of hydrogen-bond donors (Lipinski definition) is 2. The molecule has 0 heterocycles. The lowest BCUT2D eigenvalue weighted by molar-refractivity contribution is -0.126. The number of carbonyl (C=O) groups is 1. The Labute approximate surface area is 97.6 Å². The first-order valence-electron chi connectivity index (χ1n) is 6.66. The fourth-order valence-corrected chi connectivity index (χ4v) is 2.93. The van der Waals surface area contributed by atoms with Crippen molar-refractivity contribution in [3.05, 3.63) is 0 Å². The highest BCUT2D eigenvalue weighted by Gasteiger charge is 2.37. The smallest absolute Gasteiger partial charge is 0.220 e. The minimum atomic E-state index is -0.258. The lowest BCUT2D eigenvalue weighted by Crippen LogP contribution is -2.56. The van der Waals surface area contributed by atoms with Gasteiger partial charge in [-0.1, -0.05) is 19.3 Å². The molecule has 2 aliphatic carbocycles. The molecule has 2 N–H and O–H groups in total. The predicted molar refractivity (Wildman–Crippen MR) is 63.0 cm³/mol. The van der Waals surface area contributed by atoms with Crippen LogP contribution < -0.4 is 5.32 Å². The van der Waals surface area contributed by atoms with Gasteiger partial charge in [-0.3, -0.25) is 4.79 Å². The summed E-state index contributed by atoms with van der Waals surface area (Å²) in [5.74, 6) is 0.741. The van der Waals surface area contributed by atoms with E-state index in [1.165, 1.54) is 32.1 Å². The second-order valence-electron chi connectivity index (χ2n) is 5.55. The lowest BCUT2D eigenvalue weighted by Gasteiger charge is -2.41. The Morgan fingerprint density at radius 3 is 2.38 bits per heavy atom. The molecule has 0 aromatic rings. The monoisotopic (exact) mass is 225 g/mol. The number of nitrogens with one attached hydrogen (secondary N) is 1. The Balaban J connectivity index is 1.74. The summed E-state index contributed by atoms with van der Waals surface area (Å²) in [4.78, 5) is 11.9. The van der Waals surface area contributed by atoms with Crippen LogP contribution in [0.4, 0.5) is 0 Å². The van der Waals surface area contributed by atoms with Crippen molar-refractivity contribution in [1.82, 2.24) is 5.32 Å². The quantitative estimate of drug-likeness (QED) is 0.768. The van der Waals surface area contributed by atoms with Crippen LogP contribution in [0.5, 0.6) is 0 Å². The van der Waals surface area contributed by atoms with Crippen LogP contribution in [0.2, 0.25) is 0 Å². The van der Waals surface area contributed by atoms with Gasteiger partial charge in [-0.05, 0) is 38.0 Å². The van der Waals surface area contributed by atoms with Gasteiger partial charge in [0.25, 0.3) is 0 Å². The van der Waals surface area contributed by atoms with E-state index < -0.39 is 0 Å². The highest BCUT2D eigenvalue weighted by molar-refractivity contribution is 5.77. The standard InChI is InChI=1S/C13H23NO2/c15-10-13(7-4-8-13)14-12(16)9-11-5-2-1-3-6-11/h11,15H,1-10H2,(H,14,16). The molecule has 0 aromatic heterocycles. The van der Waals surface area contributed by atoms with Crippen LogP contribution in [-0.2, 0) is 4.79 Å². The number of aliphatic hydroxyl groups excluding tert-OH is 1. The molecule has 0 bridgehead atoms. The van der Waals surface area contributed by atoms with Crippen molar-refractivity contribution in [1.29, 1.82) is 0 Å². The molecule has 0 spiro atoms. The Hall–Kier alpha value is -0.570. The maximum atomic E-state index is 11.9. The number of amides is 1. The summed E-state index contributed by atoms with van der Waals surface area (Å²) in [6, 6.07) is 0. The Morgan fingerprint density at radius 2 is 1.88 bits per heavy atom. The van der Waals surface area contributed by atoms with Crippen LogP contribution >= 0.6 is 0 Å². The van der Waals surface area contributed by atoms with Gasteiger partial charge in [0.15, 0.2) is 0 Å². The first-order valence-corrected chi connectivity index (χ1v) is 6.66. The van der Waals surface area contributed by atoms with Gasteiger partial charge in [0, 0.05) is 6.42 Å². The molecule has 3 nitrogen and oxygen atoms in total. The second-order valence-corrected chi connectivity index (χ2v) is 5.55. The maximum absolute atomic E-state index is 11.9. The minimum absolute atomic E-state index is 0.101. The number of hydrogen-bond acceptors (Lipinski definition) is 2. The molecule has 0 atom stereocenters. The number of rotatable bonds is 4. The predicted octanol–water partition coefficient (Wildman–Crippen LogP) is 1.99. The Kier molecular flexibility index (Phi) is 3.85. The van der Waals surface area contributed by atoms with Gasteiger partial charge in [-0.15, -0.1) is 0 Å². The molecule has 0 radical (unpaired) electrons. The third-order valence-electron chi connectivity index (χ3n) is 4.22. The van der Waals surface area contributed by atoms with Gasteiger partial charge in [0.1, 0.15) is 0 Å². The summed E-state index contributed by atoms with van der Waals surface area (Å²) >= 11 is 0. The number of carbonyl (C=O) groups excluding carboxylic acids is 1. The maximum Gasteiger partial charge on any atom is 0.220 e. The van der Waals surface area contributed by atoms with Gasteiger partial charge in [-0.25, -0.2) is 0 Å². The van der Waals surface area contributed by atoms with Crippen LogP contribution in [0.3, 0.4) is 0 Å². The van der Waals surface area contributed by atoms with E-state index in [0.717, 1.165) is 19.3 Å². The zero-order valence-electron chi connectivity index (χ0n) is 10.0. The van der Waals surface area contributed by atoms with Crippen LogP contribution in [0.15, 0.2) is 0 Å². The molecular weight excluding hydrogens is 202 g/mol. The lowest BCUT2D eigenvalue weighted by atomic mass is 9.77. The summed E-state index contributed by atoms with van der Waals surface area (Å²) in [5, 5.41) is 12.3. The van der Waals surface area contributed by atoms with Crippen molar-refractivity contribution in [2.45, 2.75) is 63.3 Å². The largest absolute Gasteiger partial charge is 0.394 e. The molecule has 1 amide bonds. The molecule has 0 aliphatic heterocycles. The number of aliphatic hydroxyl groups is 1. The van der Waals surface area contributed by atoms with Crippen molar-refractivity contribution < 1.29 is 9.90 Å². The van der Waals surface area contributed by atoms with Crippen molar-refractivity contribution in [2.24, 2.45) is 5.92 Å². The molecule has 0 saturated heterocycles. The van der Waals surface area contributed by atoms with E-state index in [0.29, 0.717) is 12.3 Å². The Morgan fingerprint density at radius 1 is 1.19 bits per heavy atom. The van der Waals surface area contributed by atoms with E-state index in [9.17, 15) is 9.90 Å². The fourth-order valence-electron chi connectivity index (χ4n) is 2.93. The van der Waals surface area contributed by atoms with E-state index in [2.05, 4.69) is 5.32 Å². The molecule has 0 unspecified atom stereocenters. The zero-order valence-corrected chi connectivity index (χ0v) is 10.0. The highest BCUT2D eigenvalue weighted by Crippen LogP contribution is 2.32. The van der Waals surface area contributed by atoms with Crippen molar-refractivity contribution >= 4 is 5.91 Å². The molecule has 2 fully saturated rings. The average Bonchev–Trinajstić information content (AvgIpc) is 2.25. The van der Waals surface area contributed by atoms with E-state index >= 15 is 0 Å². The van der Waals surface area contributed by atoms with Crippen LogP contribution in [0, 0.1) is 5.92 Å². The molecule has 2 aliphatic rings. The third kappa shape index (κ3) is 2.76. The zero-order chi connectivity index (χ0) is 11.4. The summed E-state index contributed by atoms with van der Waals surface area (Å²) in [5.41, 5.74) is -0.258. The average molecular weight is 225 g/mol. The molecular formula is C13H23NO2. The topological polar surface area (TPSA) is 49.3 Å². The molecule has 2 saturated carbocycles. The second kappa shape index (κ2) is 5.17. The molecule has 16 heavy (non-hydrogen) atoms. The summed E-state index contributed by atoms with van der Waals surface area (Å²) < 4.78 is 0. The van der Waals surface area contributed by atoms with E-state index in [1.54, 1.807) is 0 Å². The third-order valence-corrected chi connectivity index (χ3v) is 4.22. The van der Waals surface area contributed by atoms with Gasteiger partial charge in [-0.2, -0.15) is 0 Å². The summed E-state index contributed by atoms with van der Waals surface area (Å²) in [6.07, 6.45) is 10.00. The molecule has 2 rings (SSSR count). The summed E-state index contributed by atoms with van der Waals surface area (Å²) in [7, 11) is 0. The highest BCUT2D eigenvalue weighted by atomic mass is 16.3. The molecule has 3 heteroatoms. The van der Waals surface area contributed by atoms with E-state index in [1.807, 2.05) is 0 Å². The van der Waals surface area contributed by atoms with E-state index in [4.69, 9.17) is 0 Å². The van der Waals surface area contributed by atoms with E-state index in [-0.39, 0.29) is 18.1 Å².